The number of benzene rings is 2. The van der Waals surface area contributed by atoms with Crippen LogP contribution < -0.4 is 11.1 Å². The molecule has 0 saturated heterocycles. The smallest absolute Gasteiger partial charge is 0.251 e. The van der Waals surface area contributed by atoms with Crippen LogP contribution in [0.15, 0.2) is 48.5 Å². The number of halogens is 1. The predicted octanol–water partition coefficient (Wildman–Crippen LogP) is 1.96. The standard InChI is InChI=1S/C17H17FN2O2/c1-11-4-2-3-5-13(11)10-15(16(19)21)20-17(22)12-6-8-14(18)9-7-12/h2-9,15H,10H2,1H3,(H2,19,21)(H,20,22)/t15-/m1/s1. The minimum atomic E-state index is -0.821. The third kappa shape index (κ3) is 3.91. The number of nitrogens with two attached hydrogens (primary N) is 1. The van der Waals surface area contributed by atoms with E-state index in [0.717, 1.165) is 11.1 Å². The molecule has 0 aliphatic heterocycles. The van der Waals surface area contributed by atoms with Crippen LogP contribution in [0, 0.1) is 12.7 Å². The van der Waals surface area contributed by atoms with Gasteiger partial charge >= 0.3 is 0 Å². The van der Waals surface area contributed by atoms with Gasteiger partial charge in [0.25, 0.3) is 5.91 Å². The lowest BCUT2D eigenvalue weighted by molar-refractivity contribution is -0.119. The Morgan fingerprint density at radius 1 is 1.14 bits per heavy atom. The molecule has 1 atom stereocenters. The molecule has 22 heavy (non-hydrogen) atoms. The molecule has 3 N–H and O–H groups in total. The van der Waals surface area contributed by atoms with Crippen molar-refractivity contribution in [3.05, 3.63) is 71.0 Å². The fourth-order valence-corrected chi connectivity index (χ4v) is 2.12. The minimum absolute atomic E-state index is 0.275. The summed E-state index contributed by atoms with van der Waals surface area (Å²) >= 11 is 0. The summed E-state index contributed by atoms with van der Waals surface area (Å²) < 4.78 is 12.9. The van der Waals surface area contributed by atoms with E-state index in [1.165, 1.54) is 24.3 Å². The van der Waals surface area contributed by atoms with Crippen LogP contribution in [-0.4, -0.2) is 17.9 Å². The summed E-state index contributed by atoms with van der Waals surface area (Å²) in [5, 5.41) is 2.59. The Morgan fingerprint density at radius 3 is 2.36 bits per heavy atom. The number of hydrogen-bond acceptors (Lipinski definition) is 2. The first-order chi connectivity index (χ1) is 10.5. The highest BCUT2D eigenvalue weighted by molar-refractivity contribution is 5.97. The predicted molar refractivity (Wildman–Crippen MR) is 81.7 cm³/mol. The molecule has 2 amide bonds. The van der Waals surface area contributed by atoms with Crippen LogP contribution in [0.4, 0.5) is 4.39 Å². The van der Waals surface area contributed by atoms with Crippen LogP contribution >= 0.6 is 0 Å². The first-order valence-electron chi connectivity index (χ1n) is 6.87. The highest BCUT2D eigenvalue weighted by Gasteiger charge is 2.20. The second-order valence-corrected chi connectivity index (χ2v) is 5.07. The Morgan fingerprint density at radius 2 is 1.77 bits per heavy atom. The summed E-state index contributed by atoms with van der Waals surface area (Å²) in [6, 6.07) is 11.8. The van der Waals surface area contributed by atoms with Crippen molar-refractivity contribution in [2.24, 2.45) is 5.73 Å². The van der Waals surface area contributed by atoms with Crippen molar-refractivity contribution in [2.75, 3.05) is 0 Å². The van der Waals surface area contributed by atoms with Crippen LogP contribution in [0.25, 0.3) is 0 Å². The largest absolute Gasteiger partial charge is 0.368 e. The van der Waals surface area contributed by atoms with Gasteiger partial charge in [-0.1, -0.05) is 24.3 Å². The molecule has 5 heteroatoms. The molecule has 2 aromatic carbocycles. The van der Waals surface area contributed by atoms with Crippen molar-refractivity contribution in [2.45, 2.75) is 19.4 Å². The van der Waals surface area contributed by atoms with E-state index in [1.54, 1.807) is 0 Å². The molecule has 0 heterocycles. The van der Waals surface area contributed by atoms with E-state index in [-0.39, 0.29) is 5.56 Å². The van der Waals surface area contributed by atoms with Crippen LogP contribution in [0.3, 0.4) is 0 Å². The molecule has 2 aromatic rings. The monoisotopic (exact) mass is 300 g/mol. The summed E-state index contributed by atoms with van der Waals surface area (Å²) in [5.41, 5.74) is 7.60. The number of carbonyl (C=O) groups excluding carboxylic acids is 2. The molecule has 0 aliphatic carbocycles. The van der Waals surface area contributed by atoms with Gasteiger partial charge in [-0.15, -0.1) is 0 Å². The summed E-state index contributed by atoms with van der Waals surface area (Å²) in [7, 11) is 0. The number of amides is 2. The maximum Gasteiger partial charge on any atom is 0.251 e. The fraction of sp³-hybridized carbons (Fsp3) is 0.176. The van der Waals surface area contributed by atoms with Crippen LogP contribution in [0.5, 0.6) is 0 Å². The van der Waals surface area contributed by atoms with Gasteiger partial charge in [0.15, 0.2) is 0 Å². The van der Waals surface area contributed by atoms with Gasteiger partial charge in [-0.05, 0) is 42.3 Å². The van der Waals surface area contributed by atoms with Crippen LogP contribution in [-0.2, 0) is 11.2 Å². The number of rotatable bonds is 5. The van der Waals surface area contributed by atoms with E-state index < -0.39 is 23.7 Å². The maximum absolute atomic E-state index is 12.9. The quantitative estimate of drug-likeness (QED) is 0.886. The summed E-state index contributed by atoms with van der Waals surface area (Å²) in [5.74, 6) is -1.50. The fourth-order valence-electron chi connectivity index (χ4n) is 2.12. The number of nitrogens with one attached hydrogen (secondary N) is 1. The van der Waals surface area contributed by atoms with Crippen molar-refractivity contribution in [1.29, 1.82) is 0 Å². The SMILES string of the molecule is Cc1ccccc1C[C@@H](NC(=O)c1ccc(F)cc1)C(N)=O. The van der Waals surface area contributed by atoms with Crippen molar-refractivity contribution in [1.82, 2.24) is 5.32 Å². The van der Waals surface area contributed by atoms with E-state index >= 15 is 0 Å². The molecule has 0 unspecified atom stereocenters. The third-order valence-electron chi connectivity index (χ3n) is 3.44. The van der Waals surface area contributed by atoms with Crippen LogP contribution in [0.1, 0.15) is 21.5 Å². The van der Waals surface area contributed by atoms with E-state index in [4.69, 9.17) is 5.73 Å². The van der Waals surface area contributed by atoms with Gasteiger partial charge in [0.2, 0.25) is 5.91 Å². The molecule has 0 fully saturated rings. The van der Waals surface area contributed by atoms with Gasteiger partial charge in [-0.25, -0.2) is 4.39 Å². The van der Waals surface area contributed by atoms with Gasteiger partial charge in [0.05, 0.1) is 0 Å². The Hall–Kier alpha value is -2.69. The molecule has 0 bridgehead atoms. The Balaban J connectivity index is 2.12. The number of carbonyl (C=O) groups is 2. The van der Waals surface area contributed by atoms with Gasteiger partial charge in [0.1, 0.15) is 11.9 Å². The number of aryl methyl sites for hydroxylation is 1. The number of primary amides is 1. The number of hydrogen-bond donors (Lipinski definition) is 2. The maximum atomic E-state index is 12.9. The van der Waals surface area contributed by atoms with E-state index in [0.29, 0.717) is 6.42 Å². The summed E-state index contributed by atoms with van der Waals surface area (Å²) in [4.78, 5) is 23.7. The van der Waals surface area contributed by atoms with Crippen molar-refractivity contribution >= 4 is 11.8 Å². The van der Waals surface area contributed by atoms with E-state index in [1.807, 2.05) is 31.2 Å². The molecule has 0 aliphatic rings. The van der Waals surface area contributed by atoms with E-state index in [2.05, 4.69) is 5.32 Å². The highest BCUT2D eigenvalue weighted by atomic mass is 19.1. The average molecular weight is 300 g/mol. The first-order valence-corrected chi connectivity index (χ1v) is 6.87. The molecule has 4 nitrogen and oxygen atoms in total. The topological polar surface area (TPSA) is 72.2 Å². The molecule has 0 aromatic heterocycles. The first kappa shape index (κ1) is 15.7. The molecule has 2 rings (SSSR count). The van der Waals surface area contributed by atoms with Gasteiger partial charge in [0, 0.05) is 12.0 Å². The lowest BCUT2D eigenvalue weighted by atomic mass is 10.0. The zero-order valence-electron chi connectivity index (χ0n) is 12.2. The lowest BCUT2D eigenvalue weighted by Gasteiger charge is -2.17. The molecule has 0 saturated carbocycles. The Kier molecular flexibility index (Phi) is 4.88. The second kappa shape index (κ2) is 6.85. The Bertz CT molecular complexity index is 683. The van der Waals surface area contributed by atoms with Crippen LogP contribution in [0.2, 0.25) is 0 Å². The molecular weight excluding hydrogens is 283 g/mol. The summed E-state index contributed by atoms with van der Waals surface area (Å²) in [6.45, 7) is 1.93. The van der Waals surface area contributed by atoms with Crippen molar-refractivity contribution in [3.8, 4) is 0 Å². The molecule has 0 radical (unpaired) electrons. The highest BCUT2D eigenvalue weighted by Crippen LogP contribution is 2.10. The minimum Gasteiger partial charge on any atom is -0.368 e. The molecule has 0 spiro atoms. The zero-order chi connectivity index (χ0) is 16.1. The van der Waals surface area contributed by atoms with Crippen molar-refractivity contribution in [3.63, 3.8) is 0 Å². The average Bonchev–Trinajstić information content (AvgIpc) is 2.49. The normalized spacial score (nSPS) is 11.7. The molecular formula is C17H17FN2O2. The summed E-state index contributed by atoms with van der Waals surface area (Å²) in [6.07, 6.45) is 0.314. The van der Waals surface area contributed by atoms with Gasteiger partial charge in [-0.2, -0.15) is 0 Å². The van der Waals surface area contributed by atoms with E-state index in [9.17, 15) is 14.0 Å². The zero-order valence-corrected chi connectivity index (χ0v) is 12.2. The van der Waals surface area contributed by atoms with Crippen molar-refractivity contribution < 1.29 is 14.0 Å². The third-order valence-corrected chi connectivity index (χ3v) is 3.44. The second-order valence-electron chi connectivity index (χ2n) is 5.07. The lowest BCUT2D eigenvalue weighted by Crippen LogP contribution is -2.46. The molecule has 114 valence electrons. The van der Waals surface area contributed by atoms with Gasteiger partial charge < -0.3 is 11.1 Å². The Labute approximate surface area is 128 Å². The van der Waals surface area contributed by atoms with Gasteiger partial charge in [-0.3, -0.25) is 9.59 Å².